The smallest absolute Gasteiger partial charge is 0.133 e. The van der Waals surface area contributed by atoms with Gasteiger partial charge in [0.2, 0.25) is 0 Å². The van der Waals surface area contributed by atoms with Gasteiger partial charge >= 0.3 is 0 Å². The van der Waals surface area contributed by atoms with Crippen LogP contribution in [-0.4, -0.2) is 10.3 Å². The highest BCUT2D eigenvalue weighted by atomic mass is 32.2. The summed E-state index contributed by atoms with van der Waals surface area (Å²) in [6.45, 7) is 5.64. The molecule has 0 amide bonds. The van der Waals surface area contributed by atoms with Crippen LogP contribution in [0, 0.1) is 17.0 Å². The molecule has 4 heteroatoms. The summed E-state index contributed by atoms with van der Waals surface area (Å²) >= 11 is 1.25. The Balaban J connectivity index is 2.81. The molecule has 92 valence electrons. The van der Waals surface area contributed by atoms with Crippen LogP contribution < -0.4 is 0 Å². The van der Waals surface area contributed by atoms with E-state index in [4.69, 9.17) is 5.41 Å². The highest BCUT2D eigenvalue weighted by molar-refractivity contribution is 8.14. The predicted octanol–water partition coefficient (Wildman–Crippen LogP) is 4.38. The van der Waals surface area contributed by atoms with Crippen molar-refractivity contribution in [1.82, 2.24) is 0 Å². The molecule has 1 nitrogen and oxygen atoms in total. The zero-order valence-corrected chi connectivity index (χ0v) is 10.5. The van der Waals surface area contributed by atoms with Crippen molar-refractivity contribution in [1.29, 1.82) is 5.41 Å². The van der Waals surface area contributed by atoms with Crippen LogP contribution in [0.4, 0.5) is 8.78 Å². The van der Waals surface area contributed by atoms with Gasteiger partial charge in [0.05, 0.1) is 5.04 Å². The molecule has 0 aliphatic rings. The number of hydrogen-bond acceptors (Lipinski definition) is 2. The Bertz CT molecular complexity index is 418. The van der Waals surface area contributed by atoms with Crippen molar-refractivity contribution < 1.29 is 8.78 Å². The van der Waals surface area contributed by atoms with Crippen LogP contribution >= 0.6 is 11.8 Å². The second kappa shape index (κ2) is 6.55. The molecule has 1 unspecified atom stereocenters. The summed E-state index contributed by atoms with van der Waals surface area (Å²) in [5.41, 5.74) is 0.0255. The number of thioether (sulfide) groups is 1. The van der Waals surface area contributed by atoms with Gasteiger partial charge in [-0.3, -0.25) is 5.41 Å². The third kappa shape index (κ3) is 3.97. The van der Waals surface area contributed by atoms with Gasteiger partial charge in [-0.15, -0.1) is 18.3 Å². The summed E-state index contributed by atoms with van der Waals surface area (Å²) in [4.78, 5) is 0. The van der Waals surface area contributed by atoms with E-state index in [0.717, 1.165) is 31.0 Å². The lowest BCUT2D eigenvalue weighted by molar-refractivity contribution is 0.598. The molecule has 0 aliphatic carbocycles. The van der Waals surface area contributed by atoms with Crippen LogP contribution in [0.15, 0.2) is 30.9 Å². The van der Waals surface area contributed by atoms with Crippen molar-refractivity contribution in [3.8, 4) is 0 Å². The molecule has 0 aromatic heterocycles. The van der Waals surface area contributed by atoms with Gasteiger partial charge in [-0.25, -0.2) is 8.78 Å². The number of rotatable bonds is 5. The molecule has 1 aromatic carbocycles. The second-order valence-corrected chi connectivity index (χ2v) is 4.94. The molecule has 0 saturated heterocycles. The summed E-state index contributed by atoms with van der Waals surface area (Å²) in [6.07, 6.45) is 3.38. The third-order valence-corrected chi connectivity index (χ3v) is 3.66. The lowest BCUT2D eigenvalue weighted by atomic mass is 10.2. The molecule has 0 saturated carbocycles. The van der Waals surface area contributed by atoms with E-state index in [1.54, 1.807) is 6.08 Å². The van der Waals surface area contributed by atoms with Gasteiger partial charge in [0.15, 0.2) is 0 Å². The Morgan fingerprint density at radius 3 is 2.82 bits per heavy atom. The van der Waals surface area contributed by atoms with Crippen LogP contribution in [0.3, 0.4) is 0 Å². The van der Waals surface area contributed by atoms with Crippen molar-refractivity contribution in [2.24, 2.45) is 0 Å². The molecule has 0 aliphatic heterocycles. The van der Waals surface area contributed by atoms with E-state index < -0.39 is 11.6 Å². The van der Waals surface area contributed by atoms with Crippen LogP contribution in [0.25, 0.3) is 0 Å². The Hall–Kier alpha value is -1.16. The van der Waals surface area contributed by atoms with Crippen LogP contribution in [0.1, 0.15) is 25.3 Å². The van der Waals surface area contributed by atoms with E-state index in [0.29, 0.717) is 0 Å². The molecule has 17 heavy (non-hydrogen) atoms. The molecule has 1 N–H and O–H groups in total. The van der Waals surface area contributed by atoms with Crippen molar-refractivity contribution in [2.75, 3.05) is 0 Å². The number of allylic oxidation sites excluding steroid dienone is 1. The lowest BCUT2D eigenvalue weighted by Crippen LogP contribution is -2.07. The first-order valence-corrected chi connectivity index (χ1v) is 6.28. The monoisotopic (exact) mass is 255 g/mol. The lowest BCUT2D eigenvalue weighted by Gasteiger charge is -2.13. The fourth-order valence-electron chi connectivity index (χ4n) is 1.39. The Morgan fingerprint density at radius 1 is 1.53 bits per heavy atom. The van der Waals surface area contributed by atoms with Crippen molar-refractivity contribution in [3.63, 3.8) is 0 Å². The fourth-order valence-corrected chi connectivity index (χ4v) is 2.40. The Morgan fingerprint density at radius 2 is 2.24 bits per heavy atom. The average Bonchev–Trinajstić information content (AvgIpc) is 2.31. The first kappa shape index (κ1) is 13.9. The van der Waals surface area contributed by atoms with Crippen LogP contribution in [0.5, 0.6) is 0 Å². The van der Waals surface area contributed by atoms with E-state index >= 15 is 0 Å². The molecule has 1 atom stereocenters. The van der Waals surface area contributed by atoms with Gasteiger partial charge in [-0.2, -0.15) is 0 Å². The van der Waals surface area contributed by atoms with Crippen LogP contribution in [-0.2, 0) is 0 Å². The van der Waals surface area contributed by atoms with E-state index in [-0.39, 0.29) is 15.9 Å². The highest BCUT2D eigenvalue weighted by Gasteiger charge is 2.14. The second-order valence-electron chi connectivity index (χ2n) is 3.63. The maximum absolute atomic E-state index is 13.4. The summed E-state index contributed by atoms with van der Waals surface area (Å²) < 4.78 is 26.4. The highest BCUT2D eigenvalue weighted by Crippen LogP contribution is 2.24. The molecule has 0 radical (unpaired) electrons. The SMILES string of the molecule is C=CCC(CC)SC(=N)c1cc(F)ccc1F. The third-order valence-electron chi connectivity index (χ3n) is 2.34. The van der Waals surface area contributed by atoms with Crippen molar-refractivity contribution in [2.45, 2.75) is 25.0 Å². The summed E-state index contributed by atoms with van der Waals surface area (Å²) in [5, 5.41) is 8.05. The van der Waals surface area contributed by atoms with Crippen molar-refractivity contribution >= 4 is 16.8 Å². The minimum atomic E-state index is -0.558. The van der Waals surface area contributed by atoms with Gasteiger partial charge in [-0.05, 0) is 31.0 Å². The maximum Gasteiger partial charge on any atom is 0.133 e. The number of halogens is 2. The van der Waals surface area contributed by atoms with E-state index in [1.807, 2.05) is 6.92 Å². The molecular formula is C13H15F2NS. The topological polar surface area (TPSA) is 23.9 Å². The van der Waals surface area contributed by atoms with Gasteiger partial charge < -0.3 is 0 Å². The first-order valence-electron chi connectivity index (χ1n) is 5.40. The zero-order chi connectivity index (χ0) is 12.8. The number of nitrogens with one attached hydrogen (secondary N) is 1. The standard InChI is InChI=1S/C13H15F2NS/c1-3-5-10(4-2)17-13(16)11-8-9(14)6-7-12(11)15/h3,6-8,10,16H,1,4-5H2,2H3. The summed E-state index contributed by atoms with van der Waals surface area (Å²) in [7, 11) is 0. The zero-order valence-electron chi connectivity index (χ0n) is 9.67. The minimum Gasteiger partial charge on any atom is -0.293 e. The predicted molar refractivity (Wildman–Crippen MR) is 69.7 cm³/mol. The Kier molecular flexibility index (Phi) is 5.35. The molecule has 0 spiro atoms. The van der Waals surface area contributed by atoms with E-state index in [2.05, 4.69) is 6.58 Å². The molecule has 0 heterocycles. The average molecular weight is 255 g/mol. The largest absolute Gasteiger partial charge is 0.293 e. The molecule has 1 rings (SSSR count). The van der Waals surface area contributed by atoms with Gasteiger partial charge in [0.1, 0.15) is 11.6 Å². The summed E-state index contributed by atoms with van der Waals surface area (Å²) in [6, 6.07) is 3.16. The van der Waals surface area contributed by atoms with Gasteiger partial charge in [0.25, 0.3) is 0 Å². The number of benzene rings is 1. The van der Waals surface area contributed by atoms with Crippen LogP contribution in [0.2, 0.25) is 0 Å². The van der Waals surface area contributed by atoms with E-state index in [1.165, 1.54) is 11.8 Å². The van der Waals surface area contributed by atoms with E-state index in [9.17, 15) is 8.78 Å². The minimum absolute atomic E-state index is 0.0255. The van der Waals surface area contributed by atoms with Gasteiger partial charge in [-0.1, -0.05) is 13.0 Å². The normalized spacial score (nSPS) is 12.2. The Labute approximate surface area is 104 Å². The first-order chi connectivity index (χ1) is 8.08. The quantitative estimate of drug-likeness (QED) is 0.471. The molecular weight excluding hydrogens is 240 g/mol. The van der Waals surface area contributed by atoms with Gasteiger partial charge in [0, 0.05) is 10.8 Å². The molecule has 1 aromatic rings. The number of hydrogen-bond donors (Lipinski definition) is 1. The maximum atomic E-state index is 13.4. The summed E-state index contributed by atoms with van der Waals surface area (Å²) in [5.74, 6) is -1.08. The molecule has 0 fully saturated rings. The van der Waals surface area contributed by atoms with Crippen molar-refractivity contribution in [3.05, 3.63) is 48.1 Å². The fraction of sp³-hybridized carbons (Fsp3) is 0.308. The molecule has 0 bridgehead atoms.